The van der Waals surface area contributed by atoms with E-state index >= 15 is 0 Å². The van der Waals surface area contributed by atoms with Gasteiger partial charge >= 0.3 is 0 Å². The number of rotatable bonds is 6. The Morgan fingerprint density at radius 1 is 1.33 bits per heavy atom. The fraction of sp³-hybridized carbons (Fsp3) is 0.455. The van der Waals surface area contributed by atoms with Crippen molar-refractivity contribution in [2.45, 2.75) is 13.0 Å². The number of methoxy groups -OCH3 is 1. The summed E-state index contributed by atoms with van der Waals surface area (Å²) in [6.45, 7) is 1.59. The Labute approximate surface area is 89.0 Å². The van der Waals surface area contributed by atoms with E-state index in [1.807, 2.05) is 0 Å². The van der Waals surface area contributed by atoms with Gasteiger partial charge in [-0.3, -0.25) is 0 Å². The Bertz CT molecular complexity index is 305. The van der Waals surface area contributed by atoms with Crippen LogP contribution in [0.4, 0.5) is 10.1 Å². The van der Waals surface area contributed by atoms with E-state index in [2.05, 4.69) is 0 Å². The van der Waals surface area contributed by atoms with Crippen LogP contribution in [0.1, 0.15) is 12.0 Å². The highest BCUT2D eigenvalue weighted by Gasteiger charge is 2.00. The van der Waals surface area contributed by atoms with Gasteiger partial charge in [-0.2, -0.15) is 0 Å². The minimum Gasteiger partial charge on any atom is -0.398 e. The molecular weight excluding hydrogens is 197 g/mol. The van der Waals surface area contributed by atoms with E-state index in [9.17, 15) is 4.39 Å². The molecule has 0 amide bonds. The Balaban J connectivity index is 2.33. The second-order valence-corrected chi connectivity index (χ2v) is 3.24. The van der Waals surface area contributed by atoms with Crippen molar-refractivity contribution in [1.82, 2.24) is 0 Å². The van der Waals surface area contributed by atoms with Crippen molar-refractivity contribution in [1.29, 1.82) is 0 Å². The highest BCUT2D eigenvalue weighted by Crippen LogP contribution is 2.14. The van der Waals surface area contributed by atoms with E-state index < -0.39 is 0 Å². The first kappa shape index (κ1) is 11.9. The van der Waals surface area contributed by atoms with Crippen molar-refractivity contribution >= 4 is 5.69 Å². The highest BCUT2D eigenvalue weighted by molar-refractivity contribution is 5.46. The lowest BCUT2D eigenvalue weighted by atomic mass is 10.2. The minimum absolute atomic E-state index is 0.292. The van der Waals surface area contributed by atoms with Crippen LogP contribution >= 0.6 is 0 Å². The van der Waals surface area contributed by atoms with Crippen LogP contribution in [0.15, 0.2) is 18.2 Å². The summed E-state index contributed by atoms with van der Waals surface area (Å²) in [5.74, 6) is -0.292. The van der Waals surface area contributed by atoms with Gasteiger partial charge in [0.05, 0.1) is 6.61 Å². The molecule has 84 valence electrons. The minimum atomic E-state index is -0.292. The average molecular weight is 213 g/mol. The second kappa shape index (κ2) is 6.37. The molecule has 15 heavy (non-hydrogen) atoms. The molecule has 0 aliphatic carbocycles. The molecule has 0 spiro atoms. The number of benzene rings is 1. The van der Waals surface area contributed by atoms with Crippen LogP contribution in [0.25, 0.3) is 0 Å². The van der Waals surface area contributed by atoms with Crippen LogP contribution in [-0.2, 0) is 16.1 Å². The monoisotopic (exact) mass is 213 g/mol. The number of anilines is 1. The SMILES string of the molecule is COCCCOCc1cc(F)ccc1N. The summed E-state index contributed by atoms with van der Waals surface area (Å²) in [5, 5.41) is 0. The number of ether oxygens (including phenoxy) is 2. The molecule has 0 saturated carbocycles. The first-order valence-electron chi connectivity index (χ1n) is 4.84. The molecule has 4 heteroatoms. The maximum atomic E-state index is 12.8. The van der Waals surface area contributed by atoms with E-state index in [1.54, 1.807) is 13.2 Å². The first-order chi connectivity index (χ1) is 7.24. The van der Waals surface area contributed by atoms with E-state index in [1.165, 1.54) is 12.1 Å². The van der Waals surface area contributed by atoms with Crippen LogP contribution in [-0.4, -0.2) is 20.3 Å². The molecule has 0 aliphatic heterocycles. The summed E-state index contributed by atoms with van der Waals surface area (Å²) in [6, 6.07) is 4.28. The van der Waals surface area contributed by atoms with Gasteiger partial charge in [0.25, 0.3) is 0 Å². The summed E-state index contributed by atoms with van der Waals surface area (Å²) in [7, 11) is 1.64. The van der Waals surface area contributed by atoms with Crippen molar-refractivity contribution < 1.29 is 13.9 Å². The molecule has 1 aromatic carbocycles. The fourth-order valence-electron chi connectivity index (χ4n) is 1.19. The van der Waals surface area contributed by atoms with E-state index in [0.29, 0.717) is 31.1 Å². The molecule has 1 aromatic rings. The van der Waals surface area contributed by atoms with Crippen molar-refractivity contribution in [3.05, 3.63) is 29.6 Å². The van der Waals surface area contributed by atoms with Crippen LogP contribution in [0.3, 0.4) is 0 Å². The largest absolute Gasteiger partial charge is 0.398 e. The third kappa shape index (κ3) is 4.27. The zero-order valence-electron chi connectivity index (χ0n) is 8.83. The number of nitrogen functional groups attached to an aromatic ring is 1. The normalized spacial score (nSPS) is 10.5. The van der Waals surface area contributed by atoms with E-state index in [0.717, 1.165) is 6.42 Å². The first-order valence-corrected chi connectivity index (χ1v) is 4.84. The molecule has 1 rings (SSSR count). The number of nitrogens with two attached hydrogens (primary N) is 1. The van der Waals surface area contributed by atoms with Gasteiger partial charge < -0.3 is 15.2 Å². The maximum Gasteiger partial charge on any atom is 0.123 e. The number of hydrogen-bond donors (Lipinski definition) is 1. The standard InChI is InChI=1S/C11H16FNO2/c1-14-5-2-6-15-8-9-7-10(12)3-4-11(9)13/h3-4,7H,2,5-6,8,13H2,1H3. The summed E-state index contributed by atoms with van der Waals surface area (Å²) in [5.41, 5.74) is 6.90. The summed E-state index contributed by atoms with van der Waals surface area (Å²) in [4.78, 5) is 0. The molecule has 0 fully saturated rings. The zero-order valence-corrected chi connectivity index (χ0v) is 8.83. The second-order valence-electron chi connectivity index (χ2n) is 3.24. The molecule has 0 aliphatic rings. The number of hydrogen-bond acceptors (Lipinski definition) is 3. The number of halogens is 1. The van der Waals surface area contributed by atoms with Crippen molar-refractivity contribution in [3.63, 3.8) is 0 Å². The quantitative estimate of drug-likeness (QED) is 0.580. The predicted molar refractivity (Wildman–Crippen MR) is 57.0 cm³/mol. The van der Waals surface area contributed by atoms with Gasteiger partial charge in [0, 0.05) is 31.6 Å². The Morgan fingerprint density at radius 2 is 2.13 bits per heavy atom. The molecule has 3 nitrogen and oxygen atoms in total. The topological polar surface area (TPSA) is 44.5 Å². The third-order valence-electron chi connectivity index (χ3n) is 2.00. The molecule has 0 heterocycles. The lowest BCUT2D eigenvalue weighted by molar-refractivity contribution is 0.0930. The lowest BCUT2D eigenvalue weighted by Crippen LogP contribution is -2.02. The smallest absolute Gasteiger partial charge is 0.123 e. The third-order valence-corrected chi connectivity index (χ3v) is 2.00. The molecule has 2 N–H and O–H groups in total. The van der Waals surface area contributed by atoms with Gasteiger partial charge in [0.15, 0.2) is 0 Å². The van der Waals surface area contributed by atoms with Gasteiger partial charge in [-0.25, -0.2) is 4.39 Å². The van der Waals surface area contributed by atoms with Gasteiger partial charge in [0.1, 0.15) is 5.82 Å². The van der Waals surface area contributed by atoms with Gasteiger partial charge in [-0.15, -0.1) is 0 Å². The maximum absolute atomic E-state index is 12.8. The zero-order chi connectivity index (χ0) is 11.1. The fourth-order valence-corrected chi connectivity index (χ4v) is 1.19. The van der Waals surface area contributed by atoms with Crippen LogP contribution in [0.2, 0.25) is 0 Å². The van der Waals surface area contributed by atoms with E-state index in [-0.39, 0.29) is 5.82 Å². The van der Waals surface area contributed by atoms with Crippen molar-refractivity contribution in [2.75, 3.05) is 26.1 Å². The van der Waals surface area contributed by atoms with Crippen molar-refractivity contribution in [2.24, 2.45) is 0 Å². The molecule has 0 unspecified atom stereocenters. The predicted octanol–water partition coefficient (Wildman–Crippen LogP) is 1.96. The summed E-state index contributed by atoms with van der Waals surface area (Å²) in [6.07, 6.45) is 0.825. The molecule has 0 saturated heterocycles. The Hall–Kier alpha value is -1.13. The van der Waals surface area contributed by atoms with Gasteiger partial charge in [0.2, 0.25) is 0 Å². The molecule has 0 atom stereocenters. The molecule has 0 aromatic heterocycles. The van der Waals surface area contributed by atoms with Crippen LogP contribution < -0.4 is 5.73 Å². The van der Waals surface area contributed by atoms with E-state index in [4.69, 9.17) is 15.2 Å². The lowest BCUT2D eigenvalue weighted by Gasteiger charge is -2.06. The van der Waals surface area contributed by atoms with Gasteiger partial charge in [-0.05, 0) is 24.6 Å². The molecule has 0 radical (unpaired) electrons. The Kier molecular flexibility index (Phi) is 5.07. The Morgan fingerprint density at radius 3 is 2.87 bits per heavy atom. The van der Waals surface area contributed by atoms with Crippen LogP contribution in [0.5, 0.6) is 0 Å². The molecular formula is C11H16FNO2. The van der Waals surface area contributed by atoms with Crippen molar-refractivity contribution in [3.8, 4) is 0 Å². The highest BCUT2D eigenvalue weighted by atomic mass is 19.1. The summed E-state index contributed by atoms with van der Waals surface area (Å²) < 4.78 is 23.0. The summed E-state index contributed by atoms with van der Waals surface area (Å²) >= 11 is 0. The van der Waals surface area contributed by atoms with Crippen LogP contribution in [0, 0.1) is 5.82 Å². The average Bonchev–Trinajstić information content (AvgIpc) is 2.23. The van der Waals surface area contributed by atoms with Gasteiger partial charge in [-0.1, -0.05) is 0 Å². The molecule has 0 bridgehead atoms.